The van der Waals surface area contributed by atoms with E-state index in [1.165, 1.54) is 13.2 Å². The van der Waals surface area contributed by atoms with Crippen molar-refractivity contribution in [2.75, 3.05) is 51.5 Å². The summed E-state index contributed by atoms with van der Waals surface area (Å²) in [7, 11) is -2.27. The number of para-hydroxylation sites is 1. The fraction of sp³-hybridized carbons (Fsp3) is 0.444. The molecule has 1 aromatic heterocycles. The molecular weight excluding hydrogens is 384 g/mol. The van der Waals surface area contributed by atoms with Crippen molar-refractivity contribution in [1.29, 1.82) is 0 Å². The minimum atomic E-state index is -3.70. The van der Waals surface area contributed by atoms with E-state index in [-0.39, 0.29) is 23.8 Å². The van der Waals surface area contributed by atoms with Crippen molar-refractivity contribution in [3.63, 3.8) is 0 Å². The van der Waals surface area contributed by atoms with E-state index in [0.29, 0.717) is 24.9 Å². The number of benzene rings is 1. The van der Waals surface area contributed by atoms with Crippen LogP contribution >= 0.6 is 0 Å². The predicted octanol–water partition coefficient (Wildman–Crippen LogP) is 0.988. The lowest BCUT2D eigenvalue weighted by atomic mass is 10.3. The van der Waals surface area contributed by atoms with Crippen molar-refractivity contribution < 1.29 is 22.6 Å². The second-order valence-corrected chi connectivity index (χ2v) is 7.84. The first-order valence-electron chi connectivity index (χ1n) is 8.93. The number of hydrogen-bond donors (Lipinski definition) is 1. The Morgan fingerprint density at radius 2 is 1.96 bits per heavy atom. The monoisotopic (exact) mass is 408 g/mol. The molecule has 1 aliphatic rings. The summed E-state index contributed by atoms with van der Waals surface area (Å²) in [5, 5.41) is 0. The van der Waals surface area contributed by atoms with Gasteiger partial charge in [-0.25, -0.2) is 18.1 Å². The van der Waals surface area contributed by atoms with Crippen LogP contribution in [0.1, 0.15) is 5.82 Å². The SMILES string of the molecule is COc1ccccc1S(=O)(=O)NCCOc1cc(N2CCOCC2)nc(C)n1. The zero-order valence-electron chi connectivity index (χ0n) is 15.9. The van der Waals surface area contributed by atoms with Gasteiger partial charge in [0.05, 0.1) is 20.3 Å². The number of methoxy groups -OCH3 is 1. The molecule has 0 spiro atoms. The largest absolute Gasteiger partial charge is 0.495 e. The Bertz CT molecular complexity index is 901. The predicted molar refractivity (Wildman–Crippen MR) is 103 cm³/mol. The van der Waals surface area contributed by atoms with Gasteiger partial charge in [0.15, 0.2) is 0 Å². The highest BCUT2D eigenvalue weighted by atomic mass is 32.2. The zero-order valence-corrected chi connectivity index (χ0v) is 16.7. The summed E-state index contributed by atoms with van der Waals surface area (Å²) in [5.41, 5.74) is 0. The van der Waals surface area contributed by atoms with Crippen LogP contribution in [0.15, 0.2) is 35.2 Å². The van der Waals surface area contributed by atoms with E-state index in [4.69, 9.17) is 14.2 Å². The highest BCUT2D eigenvalue weighted by Gasteiger charge is 2.18. The summed E-state index contributed by atoms with van der Waals surface area (Å²) < 4.78 is 43.5. The molecule has 0 amide bonds. The van der Waals surface area contributed by atoms with Gasteiger partial charge in [0, 0.05) is 25.7 Å². The highest BCUT2D eigenvalue weighted by molar-refractivity contribution is 7.89. The summed E-state index contributed by atoms with van der Waals surface area (Å²) in [6.45, 7) is 4.85. The first-order valence-corrected chi connectivity index (χ1v) is 10.4. The van der Waals surface area contributed by atoms with Crippen molar-refractivity contribution in [3.8, 4) is 11.6 Å². The fourth-order valence-electron chi connectivity index (χ4n) is 2.80. The van der Waals surface area contributed by atoms with Crippen LogP contribution in [0.25, 0.3) is 0 Å². The Labute approximate surface area is 164 Å². The lowest BCUT2D eigenvalue weighted by molar-refractivity contribution is 0.122. The lowest BCUT2D eigenvalue weighted by Gasteiger charge is -2.28. The number of nitrogens with zero attached hydrogens (tertiary/aromatic N) is 3. The average Bonchev–Trinajstić information content (AvgIpc) is 2.71. The van der Waals surface area contributed by atoms with Gasteiger partial charge in [-0.1, -0.05) is 12.1 Å². The van der Waals surface area contributed by atoms with Crippen molar-refractivity contribution >= 4 is 15.8 Å². The van der Waals surface area contributed by atoms with Crippen molar-refractivity contribution in [1.82, 2.24) is 14.7 Å². The molecule has 0 unspecified atom stereocenters. The third-order valence-corrected chi connectivity index (χ3v) is 5.64. The normalized spacial score (nSPS) is 14.7. The van der Waals surface area contributed by atoms with Gasteiger partial charge in [-0.3, -0.25) is 0 Å². The number of morpholine rings is 1. The molecule has 2 heterocycles. The summed E-state index contributed by atoms with van der Waals surface area (Å²) in [5.74, 6) is 2.07. The second-order valence-electron chi connectivity index (χ2n) is 6.11. The number of aromatic nitrogens is 2. The van der Waals surface area contributed by atoms with Crippen LogP contribution in [0.5, 0.6) is 11.6 Å². The maximum Gasteiger partial charge on any atom is 0.244 e. The van der Waals surface area contributed by atoms with Gasteiger partial charge in [0.1, 0.15) is 28.9 Å². The fourth-order valence-corrected chi connectivity index (χ4v) is 3.99. The molecule has 9 nitrogen and oxygen atoms in total. The van der Waals surface area contributed by atoms with Crippen LogP contribution in [0, 0.1) is 6.92 Å². The minimum absolute atomic E-state index is 0.0879. The highest BCUT2D eigenvalue weighted by Crippen LogP contribution is 2.22. The molecule has 0 radical (unpaired) electrons. The molecule has 2 aromatic rings. The van der Waals surface area contributed by atoms with Gasteiger partial charge in [-0.15, -0.1) is 0 Å². The molecule has 1 N–H and O–H groups in total. The molecule has 28 heavy (non-hydrogen) atoms. The Morgan fingerprint density at radius 3 is 2.71 bits per heavy atom. The number of rotatable bonds is 8. The third kappa shape index (κ3) is 5.09. The van der Waals surface area contributed by atoms with Crippen LogP contribution in [0.3, 0.4) is 0 Å². The number of hydrogen-bond acceptors (Lipinski definition) is 8. The van der Waals surface area contributed by atoms with Crippen LogP contribution in [-0.2, 0) is 14.8 Å². The average molecular weight is 408 g/mol. The van der Waals surface area contributed by atoms with E-state index in [0.717, 1.165) is 18.9 Å². The lowest BCUT2D eigenvalue weighted by Crippen LogP contribution is -2.37. The zero-order chi connectivity index (χ0) is 20.0. The standard InChI is InChI=1S/C18H24N4O5S/c1-14-20-17(22-8-11-26-12-9-22)13-18(21-14)27-10-7-19-28(23,24)16-6-4-3-5-15(16)25-2/h3-6,13,19H,7-12H2,1-2H3. The molecule has 3 rings (SSSR count). The van der Waals surface area contributed by atoms with Gasteiger partial charge >= 0.3 is 0 Å². The van der Waals surface area contributed by atoms with Crippen LogP contribution in [-0.4, -0.2) is 65.0 Å². The third-order valence-electron chi connectivity index (χ3n) is 4.14. The van der Waals surface area contributed by atoms with Gasteiger partial charge in [0.25, 0.3) is 0 Å². The molecule has 1 fully saturated rings. The van der Waals surface area contributed by atoms with Crippen molar-refractivity contribution in [2.45, 2.75) is 11.8 Å². The molecule has 0 bridgehead atoms. The van der Waals surface area contributed by atoms with E-state index in [1.54, 1.807) is 31.2 Å². The summed E-state index contributed by atoms with van der Waals surface area (Å²) >= 11 is 0. The summed E-state index contributed by atoms with van der Waals surface area (Å²) in [6.07, 6.45) is 0. The Kier molecular flexibility index (Phi) is 6.65. The number of sulfonamides is 1. The number of nitrogens with one attached hydrogen (secondary N) is 1. The van der Waals surface area contributed by atoms with Crippen molar-refractivity contribution in [2.24, 2.45) is 0 Å². The number of ether oxygens (including phenoxy) is 3. The molecule has 1 saturated heterocycles. The Hall–Kier alpha value is -2.43. The maximum atomic E-state index is 12.4. The smallest absolute Gasteiger partial charge is 0.244 e. The molecule has 0 atom stereocenters. The van der Waals surface area contributed by atoms with Gasteiger partial charge < -0.3 is 19.1 Å². The molecule has 0 aliphatic carbocycles. The molecule has 1 aliphatic heterocycles. The van der Waals surface area contributed by atoms with Crippen LogP contribution < -0.4 is 19.1 Å². The molecule has 10 heteroatoms. The topological polar surface area (TPSA) is 103 Å². The molecule has 1 aromatic carbocycles. The quantitative estimate of drug-likeness (QED) is 0.645. The van der Waals surface area contributed by atoms with Crippen LogP contribution in [0.4, 0.5) is 5.82 Å². The molecule has 152 valence electrons. The van der Waals surface area contributed by atoms with E-state index in [1.807, 2.05) is 0 Å². The number of aryl methyl sites for hydroxylation is 1. The van der Waals surface area contributed by atoms with Gasteiger partial charge in [-0.05, 0) is 19.1 Å². The Balaban J connectivity index is 1.58. The second kappa shape index (κ2) is 9.18. The van der Waals surface area contributed by atoms with Gasteiger partial charge in [0.2, 0.25) is 15.9 Å². The van der Waals surface area contributed by atoms with Crippen LogP contribution in [0.2, 0.25) is 0 Å². The van der Waals surface area contributed by atoms with Gasteiger partial charge in [-0.2, -0.15) is 4.98 Å². The van der Waals surface area contributed by atoms with E-state index in [9.17, 15) is 8.42 Å². The molecular formula is C18H24N4O5S. The molecule has 0 saturated carbocycles. The van der Waals surface area contributed by atoms with E-state index >= 15 is 0 Å². The maximum absolute atomic E-state index is 12.4. The summed E-state index contributed by atoms with van der Waals surface area (Å²) in [4.78, 5) is 10.9. The van der Waals surface area contributed by atoms with E-state index in [2.05, 4.69) is 19.6 Å². The Morgan fingerprint density at radius 1 is 1.21 bits per heavy atom. The summed E-state index contributed by atoms with van der Waals surface area (Å²) in [6, 6.07) is 8.20. The van der Waals surface area contributed by atoms with Crippen molar-refractivity contribution in [3.05, 3.63) is 36.2 Å². The first-order chi connectivity index (χ1) is 13.5. The first kappa shape index (κ1) is 20.3. The van der Waals surface area contributed by atoms with E-state index < -0.39 is 10.0 Å². The minimum Gasteiger partial charge on any atom is -0.495 e. The number of anilines is 1.